The van der Waals surface area contributed by atoms with Gasteiger partial charge in [0, 0.05) is 31.1 Å². The third-order valence-electron chi connectivity index (χ3n) is 5.67. The molecule has 0 aliphatic carbocycles. The molecular formula is C24H32N4. The van der Waals surface area contributed by atoms with Crippen molar-refractivity contribution in [1.82, 2.24) is 14.9 Å². The summed E-state index contributed by atoms with van der Waals surface area (Å²) < 4.78 is 0. The van der Waals surface area contributed by atoms with Gasteiger partial charge in [0.25, 0.3) is 0 Å². The second-order valence-corrected chi connectivity index (χ2v) is 7.59. The second kappa shape index (κ2) is 9.74. The molecule has 2 aromatic heterocycles. The van der Waals surface area contributed by atoms with Crippen LogP contribution in [0.2, 0.25) is 0 Å². The molecule has 4 nitrogen and oxygen atoms in total. The third kappa shape index (κ3) is 4.74. The molecule has 2 unspecified atom stereocenters. The minimum Gasteiger partial charge on any atom is -0.293 e. The van der Waals surface area contributed by atoms with Gasteiger partial charge in [-0.05, 0) is 69.5 Å². The topological polar surface area (TPSA) is 41.4 Å². The Kier molecular flexibility index (Phi) is 7.10. The summed E-state index contributed by atoms with van der Waals surface area (Å²) in [6, 6.07) is 11.3. The number of likely N-dealkylation sites (tertiary alicyclic amines) is 1. The zero-order valence-corrected chi connectivity index (χ0v) is 17.6. The van der Waals surface area contributed by atoms with E-state index in [2.05, 4.69) is 67.2 Å². The molecule has 0 spiro atoms. The lowest BCUT2D eigenvalue weighted by Crippen LogP contribution is -2.34. The molecule has 0 radical (unpaired) electrons. The predicted octanol–water partition coefficient (Wildman–Crippen LogP) is 5.26. The van der Waals surface area contributed by atoms with Crippen LogP contribution in [-0.2, 0) is 6.42 Å². The van der Waals surface area contributed by atoms with Gasteiger partial charge in [-0.2, -0.15) is 0 Å². The maximum Gasteiger partial charge on any atom is 0.0604 e. The normalized spacial score (nSPS) is 21.4. The van der Waals surface area contributed by atoms with Crippen LogP contribution in [0.3, 0.4) is 0 Å². The lowest BCUT2D eigenvalue weighted by Gasteiger charge is -2.39. The van der Waals surface area contributed by atoms with Crippen LogP contribution in [0.5, 0.6) is 0 Å². The molecule has 0 bridgehead atoms. The average molecular weight is 377 g/mol. The zero-order valence-electron chi connectivity index (χ0n) is 17.6. The van der Waals surface area contributed by atoms with E-state index in [1.165, 1.54) is 17.7 Å². The molecule has 0 aromatic carbocycles. The minimum absolute atomic E-state index is 0.327. The summed E-state index contributed by atoms with van der Waals surface area (Å²) in [6.45, 7) is 4.30. The summed E-state index contributed by atoms with van der Waals surface area (Å²) in [5.41, 5.74) is 5.80. The van der Waals surface area contributed by atoms with Crippen molar-refractivity contribution in [3.63, 3.8) is 0 Å². The largest absolute Gasteiger partial charge is 0.293 e. The number of allylic oxidation sites excluding steroid dienone is 2. The molecule has 2 atom stereocenters. The van der Waals surface area contributed by atoms with E-state index in [0.717, 1.165) is 42.8 Å². The molecule has 3 rings (SSSR count). The Morgan fingerprint density at radius 2 is 2.04 bits per heavy atom. The van der Waals surface area contributed by atoms with Gasteiger partial charge in [-0.1, -0.05) is 25.1 Å². The fourth-order valence-electron chi connectivity index (χ4n) is 4.10. The molecule has 1 fully saturated rings. The minimum atomic E-state index is 0.327. The monoisotopic (exact) mass is 376 g/mol. The van der Waals surface area contributed by atoms with Crippen LogP contribution < -0.4 is 0 Å². The summed E-state index contributed by atoms with van der Waals surface area (Å²) in [6.07, 6.45) is 11.5. The highest BCUT2D eigenvalue weighted by molar-refractivity contribution is 5.96. The fraction of sp³-hybridized carbons (Fsp3) is 0.458. The van der Waals surface area contributed by atoms with Gasteiger partial charge in [-0.25, -0.2) is 0 Å². The summed E-state index contributed by atoms with van der Waals surface area (Å²) in [4.78, 5) is 16.6. The van der Waals surface area contributed by atoms with E-state index in [1.54, 1.807) is 0 Å². The smallest absolute Gasteiger partial charge is 0.0604 e. The first kappa shape index (κ1) is 20.4. The van der Waals surface area contributed by atoms with E-state index < -0.39 is 0 Å². The van der Waals surface area contributed by atoms with Crippen LogP contribution in [-0.4, -0.2) is 34.7 Å². The number of piperidine rings is 1. The maximum absolute atomic E-state index is 5.02. The number of hydrogen-bond acceptors (Lipinski definition) is 4. The lowest BCUT2D eigenvalue weighted by atomic mass is 9.90. The van der Waals surface area contributed by atoms with Crippen molar-refractivity contribution in [3.05, 3.63) is 71.3 Å². The van der Waals surface area contributed by atoms with Gasteiger partial charge in [0.2, 0.25) is 0 Å². The maximum atomic E-state index is 5.02. The Labute approximate surface area is 169 Å². The molecule has 1 aliphatic rings. The van der Waals surface area contributed by atoms with E-state index in [1.807, 2.05) is 19.3 Å². The average Bonchev–Trinajstić information content (AvgIpc) is 2.72. The summed E-state index contributed by atoms with van der Waals surface area (Å²) in [7, 11) is 4.08. The van der Waals surface area contributed by atoms with E-state index in [0.29, 0.717) is 12.1 Å². The SMILES string of the molecule is CC/C=C\C(Cc1cccc(C2CCCC(c3ncccc3C)N2C)n1)=NC. The van der Waals surface area contributed by atoms with E-state index in [4.69, 9.17) is 9.97 Å². The Hall–Kier alpha value is -2.33. The molecule has 4 heteroatoms. The zero-order chi connectivity index (χ0) is 19.9. The lowest BCUT2D eigenvalue weighted by molar-refractivity contribution is 0.109. The van der Waals surface area contributed by atoms with Gasteiger partial charge < -0.3 is 0 Å². The van der Waals surface area contributed by atoms with Crippen molar-refractivity contribution in [1.29, 1.82) is 0 Å². The molecule has 1 saturated heterocycles. The van der Waals surface area contributed by atoms with Crippen LogP contribution in [0.1, 0.15) is 67.3 Å². The number of rotatable bonds is 6. The number of aliphatic imine (C=N–C) groups is 1. The predicted molar refractivity (Wildman–Crippen MR) is 117 cm³/mol. The number of aryl methyl sites for hydroxylation is 1. The second-order valence-electron chi connectivity index (χ2n) is 7.59. The highest BCUT2D eigenvalue weighted by Crippen LogP contribution is 2.39. The molecule has 148 valence electrons. The Balaban J connectivity index is 1.81. The van der Waals surface area contributed by atoms with Gasteiger partial charge in [0.05, 0.1) is 23.5 Å². The summed E-state index contributed by atoms with van der Waals surface area (Å²) >= 11 is 0. The first-order valence-corrected chi connectivity index (χ1v) is 10.4. The van der Waals surface area contributed by atoms with Crippen LogP contribution in [0.15, 0.2) is 53.7 Å². The molecular weight excluding hydrogens is 344 g/mol. The quantitative estimate of drug-likeness (QED) is 0.646. The van der Waals surface area contributed by atoms with E-state index in [9.17, 15) is 0 Å². The van der Waals surface area contributed by atoms with Crippen LogP contribution >= 0.6 is 0 Å². The number of nitrogens with zero attached hydrogens (tertiary/aromatic N) is 4. The Morgan fingerprint density at radius 1 is 1.21 bits per heavy atom. The van der Waals surface area contributed by atoms with Gasteiger partial charge in [-0.15, -0.1) is 0 Å². The molecule has 2 aromatic rings. The molecule has 0 saturated carbocycles. The number of hydrogen-bond donors (Lipinski definition) is 0. The Morgan fingerprint density at radius 3 is 2.79 bits per heavy atom. The number of pyridine rings is 2. The van der Waals surface area contributed by atoms with Crippen molar-refractivity contribution in [2.75, 3.05) is 14.1 Å². The first-order chi connectivity index (χ1) is 13.6. The molecule has 0 N–H and O–H groups in total. The van der Waals surface area contributed by atoms with E-state index >= 15 is 0 Å². The fourth-order valence-corrected chi connectivity index (χ4v) is 4.10. The third-order valence-corrected chi connectivity index (χ3v) is 5.67. The van der Waals surface area contributed by atoms with Crippen molar-refractivity contribution in [2.45, 2.75) is 58.0 Å². The van der Waals surface area contributed by atoms with Crippen molar-refractivity contribution >= 4 is 5.71 Å². The highest BCUT2D eigenvalue weighted by Gasteiger charge is 2.31. The van der Waals surface area contributed by atoms with Crippen molar-refractivity contribution in [3.8, 4) is 0 Å². The van der Waals surface area contributed by atoms with Crippen molar-refractivity contribution < 1.29 is 0 Å². The van der Waals surface area contributed by atoms with Crippen LogP contribution in [0.25, 0.3) is 0 Å². The molecule has 28 heavy (non-hydrogen) atoms. The van der Waals surface area contributed by atoms with Crippen LogP contribution in [0, 0.1) is 6.92 Å². The molecule has 3 heterocycles. The summed E-state index contributed by atoms with van der Waals surface area (Å²) in [5, 5.41) is 0. The molecule has 1 aliphatic heterocycles. The Bertz CT molecular complexity index is 840. The van der Waals surface area contributed by atoms with Gasteiger partial charge in [0.15, 0.2) is 0 Å². The highest BCUT2D eigenvalue weighted by atomic mass is 15.2. The van der Waals surface area contributed by atoms with Gasteiger partial charge in [0.1, 0.15) is 0 Å². The van der Waals surface area contributed by atoms with Crippen molar-refractivity contribution in [2.24, 2.45) is 4.99 Å². The van der Waals surface area contributed by atoms with E-state index in [-0.39, 0.29) is 0 Å². The van der Waals surface area contributed by atoms with Crippen LogP contribution in [0.4, 0.5) is 0 Å². The first-order valence-electron chi connectivity index (χ1n) is 10.4. The van der Waals surface area contributed by atoms with Gasteiger partial charge >= 0.3 is 0 Å². The summed E-state index contributed by atoms with van der Waals surface area (Å²) in [5.74, 6) is 0. The van der Waals surface area contributed by atoms with Gasteiger partial charge in [-0.3, -0.25) is 19.9 Å². The number of aromatic nitrogens is 2. The molecule has 0 amide bonds. The standard InChI is InChI=1S/C24H32N4/c1-5-6-11-19(25-3)17-20-12-7-13-21(27-20)22-14-8-15-23(28(22)4)24-18(2)10-9-16-26-24/h6-7,9-13,16,22-23H,5,8,14-15,17H2,1-4H3/b11-6-,25-19?.